The molecule has 3 N–H and O–H groups in total. The Morgan fingerprint density at radius 3 is 2.42 bits per heavy atom. The van der Waals surface area contributed by atoms with Crippen molar-refractivity contribution in [3.63, 3.8) is 0 Å². The molecule has 1 aliphatic heterocycles. The van der Waals surface area contributed by atoms with Gasteiger partial charge in [0.2, 0.25) is 0 Å². The molecule has 5 atom stereocenters. The van der Waals surface area contributed by atoms with Crippen LogP contribution in [0.2, 0.25) is 0 Å². The minimum Gasteiger partial charge on any atom is -0.394 e. The third-order valence-electron chi connectivity index (χ3n) is 2.13. The van der Waals surface area contributed by atoms with Gasteiger partial charge in [-0.3, -0.25) is 0 Å². The van der Waals surface area contributed by atoms with Crippen molar-refractivity contribution in [3.05, 3.63) is 0 Å². The van der Waals surface area contributed by atoms with E-state index in [9.17, 15) is 10.2 Å². The summed E-state index contributed by atoms with van der Waals surface area (Å²) in [4.78, 5) is 0. The minimum absolute atomic E-state index is 0.260. The maximum atomic E-state index is 9.40. The van der Waals surface area contributed by atoms with Crippen LogP contribution in [0.15, 0.2) is 0 Å². The normalized spacial score (nSPS) is 49.2. The molecule has 0 bridgehead atoms. The Labute approximate surface area is 76.6 Å². The predicted octanol–water partition coefficient (Wildman–Crippen LogP) is -1.21. The monoisotopic (exact) mass is 194 g/mol. The lowest BCUT2D eigenvalue weighted by Gasteiger charge is -2.38. The highest BCUT2D eigenvalue weighted by molar-refractivity contribution is 7.81. The molecule has 1 saturated heterocycles. The standard InChI is InChI=1S/C7H14O4S/c1-3-7(12)6(10)5(9)4(2-8)11-3/h3-10,12H,2H2,1H3. The van der Waals surface area contributed by atoms with Crippen molar-refractivity contribution in [2.24, 2.45) is 0 Å². The molecule has 5 unspecified atom stereocenters. The highest BCUT2D eigenvalue weighted by atomic mass is 32.1. The fourth-order valence-electron chi connectivity index (χ4n) is 1.29. The van der Waals surface area contributed by atoms with E-state index in [2.05, 4.69) is 12.6 Å². The van der Waals surface area contributed by atoms with E-state index in [4.69, 9.17) is 9.84 Å². The number of aliphatic hydroxyl groups excluding tert-OH is 3. The van der Waals surface area contributed by atoms with Crippen LogP contribution in [0.25, 0.3) is 0 Å². The lowest BCUT2D eigenvalue weighted by molar-refractivity contribution is -0.170. The van der Waals surface area contributed by atoms with Gasteiger partial charge in [0.25, 0.3) is 0 Å². The Hall–Kier alpha value is 0.190. The summed E-state index contributed by atoms with van der Waals surface area (Å²) in [7, 11) is 0. The molecule has 1 aliphatic rings. The van der Waals surface area contributed by atoms with E-state index in [1.807, 2.05) is 0 Å². The maximum absolute atomic E-state index is 9.40. The van der Waals surface area contributed by atoms with Crippen LogP contribution in [0, 0.1) is 0 Å². The summed E-state index contributed by atoms with van der Waals surface area (Å²) in [5.74, 6) is 0. The summed E-state index contributed by atoms with van der Waals surface area (Å²) in [6.07, 6.45) is -2.94. The lowest BCUT2D eigenvalue weighted by atomic mass is 9.98. The SMILES string of the molecule is CC1OC(CO)C(O)C(O)C1S. The van der Waals surface area contributed by atoms with Gasteiger partial charge in [0.15, 0.2) is 0 Å². The third kappa shape index (κ3) is 1.75. The van der Waals surface area contributed by atoms with E-state index in [0.717, 1.165) is 0 Å². The largest absolute Gasteiger partial charge is 0.394 e. The second-order valence-electron chi connectivity index (χ2n) is 3.03. The second kappa shape index (κ2) is 3.93. The fraction of sp³-hybridized carbons (Fsp3) is 1.00. The van der Waals surface area contributed by atoms with Gasteiger partial charge in [-0.2, -0.15) is 12.6 Å². The average Bonchev–Trinajstić information content (AvgIpc) is 2.08. The molecule has 4 nitrogen and oxygen atoms in total. The van der Waals surface area contributed by atoms with Gasteiger partial charge >= 0.3 is 0 Å². The Balaban J connectivity index is 2.63. The number of hydrogen-bond donors (Lipinski definition) is 4. The second-order valence-corrected chi connectivity index (χ2v) is 3.63. The summed E-state index contributed by atoms with van der Waals surface area (Å²) < 4.78 is 5.19. The first kappa shape index (κ1) is 10.3. The Morgan fingerprint density at radius 1 is 1.33 bits per heavy atom. The van der Waals surface area contributed by atoms with Gasteiger partial charge in [0.1, 0.15) is 12.2 Å². The number of rotatable bonds is 1. The first-order valence-corrected chi connectivity index (χ1v) is 4.40. The smallest absolute Gasteiger partial charge is 0.109 e. The van der Waals surface area contributed by atoms with Crippen molar-refractivity contribution < 1.29 is 20.1 Å². The first-order chi connectivity index (χ1) is 5.57. The molecule has 0 aromatic rings. The summed E-state index contributed by atoms with van der Waals surface area (Å²) in [6.45, 7) is 1.46. The number of aliphatic hydroxyl groups is 3. The van der Waals surface area contributed by atoms with Crippen LogP contribution < -0.4 is 0 Å². The van der Waals surface area contributed by atoms with Gasteiger partial charge in [-0.05, 0) is 6.92 Å². The van der Waals surface area contributed by atoms with Crippen molar-refractivity contribution in [2.75, 3.05) is 6.61 Å². The van der Waals surface area contributed by atoms with E-state index in [1.54, 1.807) is 6.92 Å². The summed E-state index contributed by atoms with van der Waals surface area (Å²) in [6, 6.07) is 0. The Morgan fingerprint density at radius 2 is 1.92 bits per heavy atom. The van der Waals surface area contributed by atoms with Crippen LogP contribution in [0.4, 0.5) is 0 Å². The van der Waals surface area contributed by atoms with Crippen molar-refractivity contribution in [2.45, 2.75) is 36.6 Å². The predicted molar refractivity (Wildman–Crippen MR) is 46.2 cm³/mol. The Kier molecular flexibility index (Phi) is 3.37. The van der Waals surface area contributed by atoms with Gasteiger partial charge in [-0.15, -0.1) is 0 Å². The highest BCUT2D eigenvalue weighted by Gasteiger charge is 2.40. The number of hydrogen-bond acceptors (Lipinski definition) is 5. The lowest BCUT2D eigenvalue weighted by Crippen LogP contribution is -2.55. The van der Waals surface area contributed by atoms with E-state index >= 15 is 0 Å². The van der Waals surface area contributed by atoms with Gasteiger partial charge in [-0.25, -0.2) is 0 Å². The van der Waals surface area contributed by atoms with E-state index in [0.29, 0.717) is 0 Å². The molecule has 12 heavy (non-hydrogen) atoms. The number of thiol groups is 1. The van der Waals surface area contributed by atoms with Crippen molar-refractivity contribution in [1.82, 2.24) is 0 Å². The zero-order valence-electron chi connectivity index (χ0n) is 6.79. The number of ether oxygens (including phenoxy) is 1. The molecule has 0 aromatic heterocycles. The maximum Gasteiger partial charge on any atom is 0.109 e. The molecular formula is C7H14O4S. The summed E-state index contributed by atoms with van der Waals surface area (Å²) >= 11 is 4.07. The molecule has 0 amide bonds. The quantitative estimate of drug-likeness (QED) is 0.395. The van der Waals surface area contributed by atoms with E-state index in [-0.39, 0.29) is 12.7 Å². The molecular weight excluding hydrogens is 180 g/mol. The van der Waals surface area contributed by atoms with Crippen LogP contribution in [0.3, 0.4) is 0 Å². The minimum atomic E-state index is -1.05. The molecule has 0 spiro atoms. The van der Waals surface area contributed by atoms with Crippen LogP contribution in [-0.2, 0) is 4.74 Å². The van der Waals surface area contributed by atoms with Crippen molar-refractivity contribution >= 4 is 12.6 Å². The molecule has 1 heterocycles. The van der Waals surface area contributed by atoms with Gasteiger partial charge in [0, 0.05) is 0 Å². The van der Waals surface area contributed by atoms with Crippen molar-refractivity contribution in [3.8, 4) is 0 Å². The molecule has 5 heteroatoms. The van der Waals surface area contributed by atoms with Gasteiger partial charge in [0.05, 0.1) is 24.1 Å². The molecule has 0 saturated carbocycles. The summed E-state index contributed by atoms with van der Waals surface area (Å²) in [5.41, 5.74) is 0. The van der Waals surface area contributed by atoms with Crippen molar-refractivity contribution in [1.29, 1.82) is 0 Å². The molecule has 1 fully saturated rings. The van der Waals surface area contributed by atoms with E-state index < -0.39 is 23.6 Å². The molecule has 0 aromatic carbocycles. The zero-order chi connectivity index (χ0) is 9.30. The Bertz CT molecular complexity index is 150. The van der Waals surface area contributed by atoms with Gasteiger partial charge in [-0.1, -0.05) is 0 Å². The molecule has 0 aliphatic carbocycles. The van der Waals surface area contributed by atoms with Gasteiger partial charge < -0.3 is 20.1 Å². The molecule has 72 valence electrons. The highest BCUT2D eigenvalue weighted by Crippen LogP contribution is 2.24. The van der Waals surface area contributed by atoms with Crippen LogP contribution in [0.5, 0.6) is 0 Å². The molecule has 0 radical (unpaired) electrons. The molecule has 1 rings (SSSR count). The van der Waals surface area contributed by atoms with Crippen LogP contribution in [-0.4, -0.2) is 51.6 Å². The fourth-order valence-corrected chi connectivity index (χ4v) is 1.53. The van der Waals surface area contributed by atoms with Crippen LogP contribution in [0.1, 0.15) is 6.92 Å². The average molecular weight is 194 g/mol. The topological polar surface area (TPSA) is 69.9 Å². The first-order valence-electron chi connectivity index (χ1n) is 3.88. The third-order valence-corrected chi connectivity index (χ3v) is 2.86. The van der Waals surface area contributed by atoms with Crippen LogP contribution >= 0.6 is 12.6 Å². The summed E-state index contributed by atoms with van der Waals surface area (Å²) in [5, 5.41) is 27.1. The van der Waals surface area contributed by atoms with E-state index in [1.165, 1.54) is 0 Å². The zero-order valence-corrected chi connectivity index (χ0v) is 7.69.